The molecule has 1 fully saturated rings. The number of carbonyl (C=O) groups excluding carboxylic acids is 1. The zero-order valence-electron chi connectivity index (χ0n) is 19.6. The fourth-order valence-corrected chi connectivity index (χ4v) is 5.45. The Kier molecular flexibility index (Phi) is 6.92. The zero-order chi connectivity index (χ0) is 24.2. The van der Waals surface area contributed by atoms with Crippen molar-refractivity contribution in [1.29, 1.82) is 0 Å². The van der Waals surface area contributed by atoms with E-state index in [1.807, 2.05) is 60.7 Å². The third kappa shape index (κ3) is 5.44. The van der Waals surface area contributed by atoms with Gasteiger partial charge >= 0.3 is 0 Å². The smallest absolute Gasteiger partial charge is 0.268 e. The first-order chi connectivity index (χ1) is 17.1. The summed E-state index contributed by atoms with van der Waals surface area (Å²) < 4.78 is 5.86. The number of aromatic amines is 1. The normalized spacial score (nSPS) is 14.8. The number of nitrogens with zero attached hydrogens (tertiary/aromatic N) is 2. The molecule has 8 heteroatoms. The fourth-order valence-electron chi connectivity index (χ4n) is 4.46. The molecule has 7 nitrogen and oxygen atoms in total. The number of H-pyrrole nitrogens is 1. The molecule has 180 valence electrons. The van der Waals surface area contributed by atoms with Crippen molar-refractivity contribution >= 4 is 27.5 Å². The van der Waals surface area contributed by atoms with Gasteiger partial charge in [0.2, 0.25) is 5.91 Å². The highest BCUT2D eigenvalue weighted by molar-refractivity contribution is 7.22. The first-order valence-electron chi connectivity index (χ1n) is 11.8. The van der Waals surface area contributed by atoms with Gasteiger partial charge in [-0.15, -0.1) is 11.3 Å². The van der Waals surface area contributed by atoms with Gasteiger partial charge in [-0.05, 0) is 67.4 Å². The van der Waals surface area contributed by atoms with E-state index in [0.717, 1.165) is 53.2 Å². The number of fused-ring (bicyclic) bond motifs is 1. The van der Waals surface area contributed by atoms with Crippen LogP contribution in [0.4, 0.5) is 0 Å². The average molecular weight is 489 g/mol. The number of thiophene rings is 1. The third-order valence-electron chi connectivity index (χ3n) is 6.45. The van der Waals surface area contributed by atoms with Crippen LogP contribution in [0.15, 0.2) is 65.5 Å². The summed E-state index contributed by atoms with van der Waals surface area (Å²) in [7, 11) is 1.64. The lowest BCUT2D eigenvalue weighted by molar-refractivity contribution is -0.126. The van der Waals surface area contributed by atoms with Crippen LogP contribution >= 0.6 is 11.3 Å². The van der Waals surface area contributed by atoms with Gasteiger partial charge in [0.1, 0.15) is 16.3 Å². The van der Waals surface area contributed by atoms with Gasteiger partial charge in [-0.1, -0.05) is 30.3 Å². The van der Waals surface area contributed by atoms with Crippen molar-refractivity contribution in [3.63, 3.8) is 0 Å². The maximum absolute atomic E-state index is 12.7. The fraction of sp³-hybridized carbons (Fsp3) is 0.296. The van der Waals surface area contributed by atoms with E-state index in [-0.39, 0.29) is 17.4 Å². The Bertz CT molecular complexity index is 1360. The lowest BCUT2D eigenvalue weighted by Crippen LogP contribution is -2.40. The molecule has 0 radical (unpaired) electrons. The van der Waals surface area contributed by atoms with E-state index in [4.69, 9.17) is 9.72 Å². The van der Waals surface area contributed by atoms with E-state index >= 15 is 0 Å². The van der Waals surface area contributed by atoms with Crippen LogP contribution in [0.25, 0.3) is 20.7 Å². The van der Waals surface area contributed by atoms with E-state index in [0.29, 0.717) is 23.6 Å². The number of hydrogen-bond acceptors (Lipinski definition) is 6. The molecule has 2 aromatic heterocycles. The molecule has 2 aromatic carbocycles. The molecule has 0 bridgehead atoms. The standard InChI is InChI=1S/C27H28N4O3S/c1-34-21-9-7-19(8-10-21)23-15-22-25(35-23)27(33)30-24(29-22)17-31-13-11-20(12-14-31)26(32)28-16-18-5-3-2-4-6-18/h2-10,15,20H,11-14,16-17H2,1H3,(H,28,32)(H,29,30,33). The van der Waals surface area contributed by atoms with Crippen LogP contribution in [0, 0.1) is 5.92 Å². The van der Waals surface area contributed by atoms with Crippen molar-refractivity contribution in [1.82, 2.24) is 20.2 Å². The molecule has 0 atom stereocenters. The van der Waals surface area contributed by atoms with Crippen LogP contribution in [0.2, 0.25) is 0 Å². The third-order valence-corrected chi connectivity index (χ3v) is 7.62. The zero-order valence-corrected chi connectivity index (χ0v) is 20.4. The van der Waals surface area contributed by atoms with Crippen molar-refractivity contribution < 1.29 is 9.53 Å². The summed E-state index contributed by atoms with van der Waals surface area (Å²) in [6, 6.07) is 19.7. The molecule has 2 N–H and O–H groups in total. The maximum Gasteiger partial charge on any atom is 0.268 e. The predicted octanol–water partition coefficient (Wildman–Crippen LogP) is 4.19. The number of methoxy groups -OCH3 is 1. The molecule has 35 heavy (non-hydrogen) atoms. The molecule has 0 spiro atoms. The number of amides is 1. The Labute approximate surface area is 207 Å². The van der Waals surface area contributed by atoms with Crippen molar-refractivity contribution in [3.8, 4) is 16.2 Å². The molecule has 1 saturated heterocycles. The van der Waals surface area contributed by atoms with Crippen LogP contribution in [0.3, 0.4) is 0 Å². The number of hydrogen-bond donors (Lipinski definition) is 2. The number of rotatable bonds is 7. The molecule has 5 rings (SSSR count). The van der Waals surface area contributed by atoms with Crippen LogP contribution in [0.5, 0.6) is 5.75 Å². The minimum Gasteiger partial charge on any atom is -0.497 e. The number of benzene rings is 2. The number of carbonyl (C=O) groups is 1. The summed E-state index contributed by atoms with van der Waals surface area (Å²) >= 11 is 1.45. The lowest BCUT2D eigenvalue weighted by atomic mass is 9.96. The van der Waals surface area contributed by atoms with Gasteiger partial charge in [-0.25, -0.2) is 4.98 Å². The summed E-state index contributed by atoms with van der Waals surface area (Å²) in [5.41, 5.74) is 2.74. The number of ether oxygens (including phenoxy) is 1. The Morgan fingerprint density at radius 3 is 2.60 bits per heavy atom. The quantitative estimate of drug-likeness (QED) is 0.407. The molecule has 3 heterocycles. The molecular formula is C27H28N4O3S. The van der Waals surface area contributed by atoms with E-state index < -0.39 is 0 Å². The summed E-state index contributed by atoms with van der Waals surface area (Å²) in [5, 5.41) is 3.06. The predicted molar refractivity (Wildman–Crippen MR) is 139 cm³/mol. The summed E-state index contributed by atoms with van der Waals surface area (Å²) in [4.78, 5) is 36.3. The van der Waals surface area contributed by atoms with Gasteiger partial charge < -0.3 is 15.0 Å². The molecule has 0 aliphatic carbocycles. The summed E-state index contributed by atoms with van der Waals surface area (Å²) in [6.07, 6.45) is 1.60. The van der Waals surface area contributed by atoms with Crippen molar-refractivity contribution in [2.45, 2.75) is 25.9 Å². The number of nitrogens with one attached hydrogen (secondary N) is 2. The van der Waals surface area contributed by atoms with E-state index in [1.165, 1.54) is 11.3 Å². The SMILES string of the molecule is COc1ccc(-c2cc3nc(CN4CCC(C(=O)NCc5ccccc5)CC4)[nH]c(=O)c3s2)cc1. The number of aromatic nitrogens is 2. The lowest BCUT2D eigenvalue weighted by Gasteiger charge is -2.30. The Morgan fingerprint density at radius 2 is 1.89 bits per heavy atom. The minimum atomic E-state index is -0.107. The molecule has 4 aromatic rings. The van der Waals surface area contributed by atoms with Crippen LogP contribution in [-0.2, 0) is 17.9 Å². The van der Waals surface area contributed by atoms with Crippen LogP contribution < -0.4 is 15.6 Å². The highest BCUT2D eigenvalue weighted by atomic mass is 32.1. The molecule has 0 saturated carbocycles. The summed E-state index contributed by atoms with van der Waals surface area (Å²) in [5.74, 6) is 1.60. The molecule has 1 amide bonds. The van der Waals surface area contributed by atoms with Gasteiger partial charge in [0.05, 0.1) is 19.2 Å². The molecule has 0 unspecified atom stereocenters. The van der Waals surface area contributed by atoms with Crippen molar-refractivity contribution in [2.24, 2.45) is 5.92 Å². The van der Waals surface area contributed by atoms with Gasteiger partial charge in [-0.2, -0.15) is 0 Å². The Morgan fingerprint density at radius 1 is 1.14 bits per heavy atom. The number of piperidine rings is 1. The van der Waals surface area contributed by atoms with Gasteiger partial charge in [0, 0.05) is 17.3 Å². The first kappa shape index (κ1) is 23.3. The van der Waals surface area contributed by atoms with Crippen LogP contribution in [-0.4, -0.2) is 41.0 Å². The van der Waals surface area contributed by atoms with E-state index in [2.05, 4.69) is 15.2 Å². The molecular weight excluding hydrogens is 460 g/mol. The van der Waals surface area contributed by atoms with Gasteiger partial charge in [0.25, 0.3) is 5.56 Å². The first-order valence-corrected chi connectivity index (χ1v) is 12.6. The highest BCUT2D eigenvalue weighted by Gasteiger charge is 2.25. The molecule has 1 aliphatic rings. The molecule has 1 aliphatic heterocycles. The van der Waals surface area contributed by atoms with E-state index in [1.54, 1.807) is 7.11 Å². The topological polar surface area (TPSA) is 87.3 Å². The second-order valence-electron chi connectivity index (χ2n) is 8.82. The second kappa shape index (κ2) is 10.4. The highest BCUT2D eigenvalue weighted by Crippen LogP contribution is 2.32. The Balaban J connectivity index is 1.20. The van der Waals surface area contributed by atoms with Crippen molar-refractivity contribution in [3.05, 3.63) is 82.4 Å². The second-order valence-corrected chi connectivity index (χ2v) is 9.87. The van der Waals surface area contributed by atoms with Gasteiger partial charge in [0.15, 0.2) is 0 Å². The summed E-state index contributed by atoms with van der Waals surface area (Å²) in [6.45, 7) is 2.72. The van der Waals surface area contributed by atoms with E-state index in [9.17, 15) is 9.59 Å². The monoisotopic (exact) mass is 488 g/mol. The maximum atomic E-state index is 12.7. The van der Waals surface area contributed by atoms with Gasteiger partial charge in [-0.3, -0.25) is 14.5 Å². The van der Waals surface area contributed by atoms with Crippen LogP contribution in [0.1, 0.15) is 24.2 Å². The number of likely N-dealkylation sites (tertiary alicyclic amines) is 1. The average Bonchev–Trinajstić information content (AvgIpc) is 3.33. The van der Waals surface area contributed by atoms with Crippen molar-refractivity contribution in [2.75, 3.05) is 20.2 Å². The largest absolute Gasteiger partial charge is 0.497 e. The minimum absolute atomic E-state index is 0.0216. The Hall–Kier alpha value is -3.49.